The van der Waals surface area contributed by atoms with Crippen molar-refractivity contribution in [2.75, 3.05) is 5.73 Å². The number of hydrogen-bond acceptors (Lipinski definition) is 4. The number of anilines is 1. The molecule has 0 aliphatic heterocycles. The molecule has 0 aliphatic carbocycles. The van der Waals surface area contributed by atoms with Crippen LogP contribution in [0.3, 0.4) is 0 Å². The molecule has 3 aromatic rings. The molecule has 0 aliphatic rings. The van der Waals surface area contributed by atoms with E-state index in [2.05, 4.69) is 21.9 Å². The molecule has 100 valence electrons. The molecule has 0 fully saturated rings. The van der Waals surface area contributed by atoms with Crippen LogP contribution in [0.4, 0.5) is 5.82 Å². The largest absolute Gasteiger partial charge is 0.383 e. The minimum Gasteiger partial charge on any atom is -0.383 e. The first-order chi connectivity index (χ1) is 9.72. The molecule has 0 bridgehead atoms. The van der Waals surface area contributed by atoms with Crippen molar-refractivity contribution in [1.82, 2.24) is 15.0 Å². The number of aromatic nitrogens is 3. The van der Waals surface area contributed by atoms with Crippen LogP contribution in [0.1, 0.15) is 18.2 Å². The summed E-state index contributed by atoms with van der Waals surface area (Å²) in [4.78, 5) is 13.4. The van der Waals surface area contributed by atoms with E-state index in [0.717, 1.165) is 39.8 Å². The van der Waals surface area contributed by atoms with Gasteiger partial charge in [-0.25, -0.2) is 4.98 Å². The summed E-state index contributed by atoms with van der Waals surface area (Å²) in [7, 11) is 0. The molecule has 3 aromatic heterocycles. The van der Waals surface area contributed by atoms with Crippen LogP contribution in [0.5, 0.6) is 0 Å². The molecule has 0 spiro atoms. The standard InChI is InChI=1S/C16H16N4/c1-3-13-11(6-4-8-18-13)15-10(2)14-12(16(17)20-15)7-5-9-19-14/h4-9H,3H2,1-2H3,(H2,17,20). The van der Waals surface area contributed by atoms with Gasteiger partial charge in [0, 0.05) is 34.6 Å². The Labute approximate surface area is 117 Å². The van der Waals surface area contributed by atoms with E-state index in [1.807, 2.05) is 31.2 Å². The van der Waals surface area contributed by atoms with E-state index in [-0.39, 0.29) is 0 Å². The quantitative estimate of drug-likeness (QED) is 0.772. The molecule has 0 saturated heterocycles. The Bertz CT molecular complexity index is 781. The van der Waals surface area contributed by atoms with Crippen molar-refractivity contribution >= 4 is 16.7 Å². The number of aryl methyl sites for hydroxylation is 2. The summed E-state index contributed by atoms with van der Waals surface area (Å²) in [6.45, 7) is 4.12. The maximum Gasteiger partial charge on any atom is 0.133 e. The second-order valence-electron chi connectivity index (χ2n) is 4.72. The molecule has 0 atom stereocenters. The van der Waals surface area contributed by atoms with Crippen molar-refractivity contribution < 1.29 is 0 Å². The average molecular weight is 264 g/mol. The van der Waals surface area contributed by atoms with E-state index in [9.17, 15) is 0 Å². The van der Waals surface area contributed by atoms with E-state index >= 15 is 0 Å². The number of hydrogen-bond donors (Lipinski definition) is 1. The number of rotatable bonds is 2. The zero-order valence-electron chi connectivity index (χ0n) is 11.6. The van der Waals surface area contributed by atoms with Gasteiger partial charge >= 0.3 is 0 Å². The van der Waals surface area contributed by atoms with E-state index < -0.39 is 0 Å². The van der Waals surface area contributed by atoms with Gasteiger partial charge in [0.05, 0.1) is 11.2 Å². The summed E-state index contributed by atoms with van der Waals surface area (Å²) in [5.41, 5.74) is 11.0. The van der Waals surface area contributed by atoms with Gasteiger partial charge < -0.3 is 5.73 Å². The van der Waals surface area contributed by atoms with Crippen LogP contribution >= 0.6 is 0 Å². The molecule has 20 heavy (non-hydrogen) atoms. The minimum atomic E-state index is 0.514. The highest BCUT2D eigenvalue weighted by Gasteiger charge is 2.14. The lowest BCUT2D eigenvalue weighted by molar-refractivity contribution is 1.03. The Morgan fingerprint density at radius 1 is 1.10 bits per heavy atom. The van der Waals surface area contributed by atoms with Crippen molar-refractivity contribution in [3.63, 3.8) is 0 Å². The number of pyridine rings is 3. The second-order valence-corrected chi connectivity index (χ2v) is 4.72. The second kappa shape index (κ2) is 4.89. The zero-order valence-corrected chi connectivity index (χ0v) is 11.6. The Hall–Kier alpha value is -2.49. The lowest BCUT2D eigenvalue weighted by Gasteiger charge is -2.12. The molecule has 4 heteroatoms. The molecular formula is C16H16N4. The third-order valence-electron chi connectivity index (χ3n) is 3.51. The fraction of sp³-hybridized carbons (Fsp3) is 0.188. The third-order valence-corrected chi connectivity index (χ3v) is 3.51. The Morgan fingerprint density at radius 3 is 2.65 bits per heavy atom. The Morgan fingerprint density at radius 2 is 1.85 bits per heavy atom. The first kappa shape index (κ1) is 12.5. The first-order valence-corrected chi connectivity index (χ1v) is 6.67. The number of nitrogen functional groups attached to an aromatic ring is 1. The summed E-state index contributed by atoms with van der Waals surface area (Å²) in [6.07, 6.45) is 4.44. The first-order valence-electron chi connectivity index (χ1n) is 6.67. The molecular weight excluding hydrogens is 248 g/mol. The van der Waals surface area contributed by atoms with E-state index in [1.165, 1.54) is 0 Å². The summed E-state index contributed by atoms with van der Waals surface area (Å²) in [5, 5.41) is 0.899. The highest BCUT2D eigenvalue weighted by molar-refractivity contribution is 5.94. The van der Waals surface area contributed by atoms with Gasteiger partial charge in [-0.05, 0) is 37.6 Å². The van der Waals surface area contributed by atoms with E-state index in [4.69, 9.17) is 5.73 Å². The summed E-state index contributed by atoms with van der Waals surface area (Å²) in [5.74, 6) is 0.514. The van der Waals surface area contributed by atoms with E-state index in [1.54, 1.807) is 12.4 Å². The smallest absolute Gasteiger partial charge is 0.133 e. The van der Waals surface area contributed by atoms with Crippen LogP contribution in [-0.4, -0.2) is 15.0 Å². The highest BCUT2D eigenvalue weighted by atomic mass is 14.9. The molecule has 3 heterocycles. The lowest BCUT2D eigenvalue weighted by atomic mass is 10.0. The van der Waals surface area contributed by atoms with Gasteiger partial charge in [0.25, 0.3) is 0 Å². The van der Waals surface area contributed by atoms with Crippen molar-refractivity contribution in [2.24, 2.45) is 0 Å². The summed E-state index contributed by atoms with van der Waals surface area (Å²) < 4.78 is 0. The van der Waals surface area contributed by atoms with Crippen LogP contribution in [0.25, 0.3) is 22.2 Å². The number of fused-ring (bicyclic) bond motifs is 1. The van der Waals surface area contributed by atoms with Gasteiger partial charge in [-0.3, -0.25) is 9.97 Å². The SMILES string of the molecule is CCc1ncccc1-c1nc(N)c2cccnc2c1C. The van der Waals surface area contributed by atoms with Gasteiger partial charge in [0.15, 0.2) is 0 Å². The number of nitrogens with zero attached hydrogens (tertiary/aromatic N) is 3. The van der Waals surface area contributed by atoms with Crippen LogP contribution < -0.4 is 5.73 Å². The Balaban J connectivity index is 2.35. The molecule has 0 unspecified atom stereocenters. The topological polar surface area (TPSA) is 64.7 Å². The van der Waals surface area contributed by atoms with Crippen LogP contribution in [0.15, 0.2) is 36.7 Å². The average Bonchev–Trinajstić information content (AvgIpc) is 2.51. The van der Waals surface area contributed by atoms with E-state index in [0.29, 0.717) is 5.82 Å². The molecule has 0 radical (unpaired) electrons. The van der Waals surface area contributed by atoms with Crippen LogP contribution in [-0.2, 0) is 6.42 Å². The molecule has 0 amide bonds. The normalized spacial score (nSPS) is 10.9. The maximum atomic E-state index is 6.08. The number of nitrogens with two attached hydrogens (primary N) is 1. The van der Waals surface area contributed by atoms with Gasteiger partial charge in [0.1, 0.15) is 5.82 Å². The van der Waals surface area contributed by atoms with Gasteiger partial charge in [-0.2, -0.15) is 0 Å². The third kappa shape index (κ3) is 1.90. The molecule has 0 saturated carbocycles. The fourth-order valence-corrected chi connectivity index (χ4v) is 2.49. The van der Waals surface area contributed by atoms with Gasteiger partial charge in [-0.15, -0.1) is 0 Å². The monoisotopic (exact) mass is 264 g/mol. The Kier molecular flexibility index (Phi) is 3.06. The van der Waals surface area contributed by atoms with Crippen molar-refractivity contribution in [3.8, 4) is 11.3 Å². The van der Waals surface area contributed by atoms with Crippen LogP contribution in [0.2, 0.25) is 0 Å². The predicted octanol–water partition coefficient (Wildman–Crippen LogP) is 3.14. The summed E-state index contributed by atoms with van der Waals surface area (Å²) >= 11 is 0. The fourth-order valence-electron chi connectivity index (χ4n) is 2.49. The lowest BCUT2D eigenvalue weighted by Crippen LogP contribution is -2.01. The molecule has 4 nitrogen and oxygen atoms in total. The molecule has 3 rings (SSSR count). The van der Waals surface area contributed by atoms with Crippen LogP contribution in [0, 0.1) is 6.92 Å². The minimum absolute atomic E-state index is 0.514. The van der Waals surface area contributed by atoms with Crippen molar-refractivity contribution in [1.29, 1.82) is 0 Å². The van der Waals surface area contributed by atoms with Crippen molar-refractivity contribution in [3.05, 3.63) is 47.9 Å². The predicted molar refractivity (Wildman–Crippen MR) is 81.3 cm³/mol. The summed E-state index contributed by atoms with van der Waals surface area (Å²) in [6, 6.07) is 7.79. The van der Waals surface area contributed by atoms with Gasteiger partial charge in [-0.1, -0.05) is 6.92 Å². The molecule has 0 aromatic carbocycles. The zero-order chi connectivity index (χ0) is 14.1. The van der Waals surface area contributed by atoms with Gasteiger partial charge in [0.2, 0.25) is 0 Å². The maximum absolute atomic E-state index is 6.08. The molecule has 2 N–H and O–H groups in total. The highest BCUT2D eigenvalue weighted by Crippen LogP contribution is 2.30. The van der Waals surface area contributed by atoms with Crippen molar-refractivity contribution in [2.45, 2.75) is 20.3 Å².